The molecule has 1 aliphatic carbocycles. The van der Waals surface area contributed by atoms with Crippen LogP contribution >= 0.6 is 11.6 Å². The molecule has 0 bridgehead atoms. The quantitative estimate of drug-likeness (QED) is 0.852. The minimum absolute atomic E-state index is 0.0287. The van der Waals surface area contributed by atoms with Crippen molar-refractivity contribution in [3.05, 3.63) is 21.6 Å². The van der Waals surface area contributed by atoms with Gasteiger partial charge in [0.05, 0.1) is 25.0 Å². The molecule has 0 saturated heterocycles. The van der Waals surface area contributed by atoms with E-state index >= 15 is 0 Å². The van der Waals surface area contributed by atoms with Crippen LogP contribution in [0.5, 0.6) is 0 Å². The van der Waals surface area contributed by atoms with Crippen LogP contribution in [0.4, 0.5) is 5.69 Å². The van der Waals surface area contributed by atoms with Crippen LogP contribution in [-0.4, -0.2) is 27.0 Å². The highest BCUT2D eigenvalue weighted by Crippen LogP contribution is 2.35. The molecule has 0 spiro atoms. The fraction of sp³-hybridized carbons (Fsp3) is 0.636. The van der Waals surface area contributed by atoms with E-state index in [0.717, 1.165) is 17.5 Å². The minimum atomic E-state index is -0.367. The van der Waals surface area contributed by atoms with Crippen molar-refractivity contribution in [2.75, 3.05) is 11.9 Å². The van der Waals surface area contributed by atoms with Gasteiger partial charge in [-0.25, -0.2) is 4.68 Å². The second-order valence-corrected chi connectivity index (χ2v) is 5.04. The molecule has 0 atom stereocenters. The van der Waals surface area contributed by atoms with Gasteiger partial charge in [-0.05, 0) is 26.2 Å². The number of anilines is 1. The largest absolute Gasteiger partial charge is 0.394 e. The van der Waals surface area contributed by atoms with Gasteiger partial charge in [-0.1, -0.05) is 11.6 Å². The van der Waals surface area contributed by atoms with Gasteiger partial charge in [0.1, 0.15) is 5.02 Å². The number of aromatic nitrogens is 2. The first-order chi connectivity index (χ1) is 8.06. The lowest BCUT2D eigenvalue weighted by Gasteiger charge is -2.40. The van der Waals surface area contributed by atoms with Crippen molar-refractivity contribution in [3.63, 3.8) is 0 Å². The van der Waals surface area contributed by atoms with Crippen molar-refractivity contribution >= 4 is 17.3 Å². The molecule has 0 amide bonds. The Balaban J connectivity index is 2.24. The van der Waals surface area contributed by atoms with Crippen LogP contribution in [0.1, 0.15) is 26.2 Å². The smallest absolute Gasteiger partial charge is 0.287 e. The molecular weight excluding hydrogens is 242 g/mol. The third-order valence-electron chi connectivity index (χ3n) is 3.19. The van der Waals surface area contributed by atoms with Crippen LogP contribution in [0.25, 0.3) is 0 Å². The zero-order valence-corrected chi connectivity index (χ0v) is 10.5. The summed E-state index contributed by atoms with van der Waals surface area (Å²) >= 11 is 6.00. The normalized spacial score (nSPS) is 17.6. The number of aliphatic hydroxyl groups is 1. The van der Waals surface area contributed by atoms with Crippen molar-refractivity contribution in [3.8, 4) is 0 Å². The molecule has 0 radical (unpaired) electrons. The summed E-state index contributed by atoms with van der Waals surface area (Å²) in [7, 11) is 0. The summed E-state index contributed by atoms with van der Waals surface area (Å²) < 4.78 is 1.16. The van der Waals surface area contributed by atoms with Crippen LogP contribution in [0, 0.1) is 0 Å². The second kappa shape index (κ2) is 4.66. The number of rotatable bonds is 4. The molecule has 1 saturated carbocycles. The van der Waals surface area contributed by atoms with Gasteiger partial charge in [-0.15, -0.1) is 0 Å². The number of aliphatic hydroxyl groups excluding tert-OH is 1. The highest BCUT2D eigenvalue weighted by Gasteiger charge is 2.32. The molecule has 1 aromatic heterocycles. The SMILES string of the molecule is CC1(Nc2cnn(CCO)c(=O)c2Cl)CCC1. The van der Waals surface area contributed by atoms with E-state index < -0.39 is 0 Å². The first-order valence-corrected chi connectivity index (χ1v) is 6.08. The average Bonchev–Trinajstić information content (AvgIpc) is 2.27. The van der Waals surface area contributed by atoms with Gasteiger partial charge < -0.3 is 10.4 Å². The molecule has 2 N–H and O–H groups in total. The van der Waals surface area contributed by atoms with E-state index in [-0.39, 0.29) is 29.3 Å². The molecule has 2 rings (SSSR count). The molecule has 0 aliphatic heterocycles. The van der Waals surface area contributed by atoms with Gasteiger partial charge in [-0.2, -0.15) is 5.10 Å². The summed E-state index contributed by atoms with van der Waals surface area (Å²) in [6.07, 6.45) is 4.88. The Morgan fingerprint density at radius 2 is 2.35 bits per heavy atom. The number of hydrogen-bond acceptors (Lipinski definition) is 4. The molecule has 0 aromatic carbocycles. The molecule has 17 heavy (non-hydrogen) atoms. The maximum Gasteiger partial charge on any atom is 0.287 e. The predicted molar refractivity (Wildman–Crippen MR) is 66.5 cm³/mol. The molecule has 1 aromatic rings. The van der Waals surface area contributed by atoms with E-state index in [9.17, 15) is 4.79 Å². The highest BCUT2D eigenvalue weighted by molar-refractivity contribution is 6.32. The number of halogens is 1. The zero-order valence-electron chi connectivity index (χ0n) is 9.74. The van der Waals surface area contributed by atoms with Crippen LogP contribution < -0.4 is 10.9 Å². The maximum atomic E-state index is 11.8. The molecule has 1 aliphatic rings. The monoisotopic (exact) mass is 257 g/mol. The fourth-order valence-corrected chi connectivity index (χ4v) is 2.16. The Labute approximate surface area is 104 Å². The van der Waals surface area contributed by atoms with Gasteiger partial charge in [0.25, 0.3) is 5.56 Å². The molecule has 94 valence electrons. The highest BCUT2D eigenvalue weighted by atomic mass is 35.5. The van der Waals surface area contributed by atoms with Crippen LogP contribution in [0.15, 0.2) is 11.0 Å². The number of hydrogen-bond donors (Lipinski definition) is 2. The van der Waals surface area contributed by atoms with E-state index in [0.29, 0.717) is 5.69 Å². The van der Waals surface area contributed by atoms with Gasteiger partial charge >= 0.3 is 0 Å². The Morgan fingerprint density at radius 3 is 2.88 bits per heavy atom. The maximum absolute atomic E-state index is 11.8. The topological polar surface area (TPSA) is 67.2 Å². The first-order valence-electron chi connectivity index (χ1n) is 5.70. The lowest BCUT2D eigenvalue weighted by Crippen LogP contribution is -2.42. The van der Waals surface area contributed by atoms with Crippen molar-refractivity contribution in [1.82, 2.24) is 9.78 Å². The fourth-order valence-electron chi connectivity index (χ4n) is 1.96. The van der Waals surface area contributed by atoms with E-state index in [1.807, 2.05) is 0 Å². The van der Waals surface area contributed by atoms with Crippen LogP contribution in [0.2, 0.25) is 5.02 Å². The van der Waals surface area contributed by atoms with Crippen LogP contribution in [-0.2, 0) is 6.54 Å². The summed E-state index contributed by atoms with van der Waals surface area (Å²) in [5.74, 6) is 0. The van der Waals surface area contributed by atoms with E-state index in [4.69, 9.17) is 16.7 Å². The Bertz CT molecular complexity index is 468. The Hall–Kier alpha value is -1.07. The summed E-state index contributed by atoms with van der Waals surface area (Å²) in [6.45, 7) is 2.13. The van der Waals surface area contributed by atoms with E-state index in [2.05, 4.69) is 17.3 Å². The molecule has 5 nitrogen and oxygen atoms in total. The van der Waals surface area contributed by atoms with Gasteiger partial charge in [0, 0.05) is 5.54 Å². The first kappa shape index (κ1) is 12.4. The Morgan fingerprint density at radius 1 is 1.65 bits per heavy atom. The van der Waals surface area contributed by atoms with Crippen molar-refractivity contribution in [2.45, 2.75) is 38.3 Å². The number of nitrogens with one attached hydrogen (secondary N) is 1. The van der Waals surface area contributed by atoms with E-state index in [1.165, 1.54) is 6.42 Å². The zero-order chi connectivity index (χ0) is 12.5. The van der Waals surface area contributed by atoms with Crippen LogP contribution in [0.3, 0.4) is 0 Å². The minimum Gasteiger partial charge on any atom is -0.394 e. The molecular formula is C11H16ClN3O2. The van der Waals surface area contributed by atoms with E-state index in [1.54, 1.807) is 6.20 Å². The summed E-state index contributed by atoms with van der Waals surface area (Å²) in [5.41, 5.74) is 0.239. The molecule has 6 heteroatoms. The average molecular weight is 258 g/mol. The van der Waals surface area contributed by atoms with Crippen molar-refractivity contribution in [1.29, 1.82) is 0 Å². The third-order valence-corrected chi connectivity index (χ3v) is 3.56. The number of nitrogens with zero attached hydrogens (tertiary/aromatic N) is 2. The molecule has 0 unspecified atom stereocenters. The Kier molecular flexibility index (Phi) is 3.40. The van der Waals surface area contributed by atoms with Gasteiger partial charge in [0.15, 0.2) is 0 Å². The summed E-state index contributed by atoms with van der Waals surface area (Å²) in [6, 6.07) is 0. The van der Waals surface area contributed by atoms with Crippen molar-refractivity contribution in [2.24, 2.45) is 0 Å². The van der Waals surface area contributed by atoms with Crippen molar-refractivity contribution < 1.29 is 5.11 Å². The van der Waals surface area contributed by atoms with Gasteiger partial charge in [0.2, 0.25) is 0 Å². The summed E-state index contributed by atoms with van der Waals surface area (Å²) in [4.78, 5) is 11.8. The summed E-state index contributed by atoms with van der Waals surface area (Å²) in [5, 5.41) is 16.2. The lowest BCUT2D eigenvalue weighted by atomic mass is 9.78. The van der Waals surface area contributed by atoms with Gasteiger partial charge in [-0.3, -0.25) is 4.79 Å². The second-order valence-electron chi connectivity index (χ2n) is 4.66. The lowest BCUT2D eigenvalue weighted by molar-refractivity contribution is 0.266. The molecule has 1 fully saturated rings. The molecule has 1 heterocycles. The standard InChI is InChI=1S/C11H16ClN3O2/c1-11(3-2-4-11)14-8-7-13-15(5-6-16)10(17)9(8)12/h7,14,16H,2-6H2,1H3. The third kappa shape index (κ3) is 2.45. The predicted octanol–water partition coefficient (Wildman–Crippen LogP) is 1.24.